The van der Waals surface area contributed by atoms with Gasteiger partial charge in [0.2, 0.25) is 0 Å². The number of ether oxygens (including phenoxy) is 1. The van der Waals surface area contributed by atoms with Gasteiger partial charge in [-0.1, -0.05) is 18.2 Å². The van der Waals surface area contributed by atoms with E-state index >= 15 is 0 Å². The first kappa shape index (κ1) is 17.4. The molecule has 1 amide bonds. The van der Waals surface area contributed by atoms with E-state index in [0.29, 0.717) is 16.8 Å². The highest BCUT2D eigenvalue weighted by atomic mass is 19.2. The van der Waals surface area contributed by atoms with Crippen LogP contribution in [0.5, 0.6) is 0 Å². The number of carbonyl (C=O) groups is 1. The van der Waals surface area contributed by atoms with Gasteiger partial charge in [-0.05, 0) is 29.7 Å². The predicted molar refractivity (Wildman–Crippen MR) is 95.4 cm³/mol. The topological polar surface area (TPSA) is 62.4 Å². The molecule has 0 saturated heterocycles. The van der Waals surface area contributed by atoms with E-state index in [-0.39, 0.29) is 29.9 Å². The Hall–Kier alpha value is -3.06. The Morgan fingerprint density at radius 2 is 1.81 bits per heavy atom. The van der Waals surface area contributed by atoms with Gasteiger partial charge in [0.1, 0.15) is 0 Å². The molecule has 5 nitrogen and oxygen atoms in total. The van der Waals surface area contributed by atoms with Gasteiger partial charge in [0.15, 0.2) is 11.6 Å². The summed E-state index contributed by atoms with van der Waals surface area (Å²) in [7, 11) is 1.62. The van der Waals surface area contributed by atoms with E-state index in [2.05, 4.69) is 4.98 Å². The zero-order valence-electron chi connectivity index (χ0n) is 14.5. The first-order valence-electron chi connectivity index (χ1n) is 8.41. The molecule has 0 fully saturated rings. The molecule has 0 saturated carbocycles. The fraction of sp³-hybridized carbons (Fsp3) is 0.200. The number of hydrogen-bond acceptors (Lipinski definition) is 3. The maximum atomic E-state index is 13.9. The second kappa shape index (κ2) is 6.59. The number of amides is 1. The van der Waals surface area contributed by atoms with Crippen molar-refractivity contribution in [3.63, 3.8) is 0 Å². The number of fused-ring (bicyclic) bond motifs is 3. The van der Waals surface area contributed by atoms with E-state index in [1.54, 1.807) is 31.3 Å². The molecule has 3 aromatic rings. The maximum absolute atomic E-state index is 13.9. The van der Waals surface area contributed by atoms with Crippen molar-refractivity contribution >= 4 is 16.7 Å². The van der Waals surface area contributed by atoms with Crippen LogP contribution in [0.15, 0.2) is 47.3 Å². The second-order valence-electron chi connectivity index (χ2n) is 6.47. The van der Waals surface area contributed by atoms with Gasteiger partial charge < -0.3 is 14.6 Å². The first-order chi connectivity index (χ1) is 13.0. The number of hydrogen-bond donors (Lipinski definition) is 1. The lowest BCUT2D eigenvalue weighted by molar-refractivity contribution is 0.0335. The van der Waals surface area contributed by atoms with Crippen molar-refractivity contribution in [2.45, 2.75) is 12.6 Å². The Bertz CT molecular complexity index is 1100. The van der Waals surface area contributed by atoms with Crippen molar-refractivity contribution in [2.75, 3.05) is 13.7 Å². The van der Waals surface area contributed by atoms with Crippen LogP contribution in [0.25, 0.3) is 10.8 Å². The minimum atomic E-state index is -1.09. The van der Waals surface area contributed by atoms with Gasteiger partial charge >= 0.3 is 0 Å². The average molecular weight is 370 g/mol. The zero-order chi connectivity index (χ0) is 19.1. The molecule has 1 N–H and O–H groups in total. The number of nitrogens with one attached hydrogen (secondary N) is 1. The predicted octanol–water partition coefficient (Wildman–Crippen LogP) is 3.15. The molecular weight excluding hydrogens is 354 g/mol. The van der Waals surface area contributed by atoms with Gasteiger partial charge in [-0.2, -0.15) is 0 Å². The number of H-pyrrole nitrogens is 1. The number of rotatable bonds is 2. The number of carbonyl (C=O) groups excluding carboxylic acids is 1. The molecule has 0 radical (unpaired) electrons. The van der Waals surface area contributed by atoms with Gasteiger partial charge in [0, 0.05) is 23.9 Å². The van der Waals surface area contributed by atoms with Crippen LogP contribution in [0.3, 0.4) is 0 Å². The number of likely N-dealkylation sites (N-methyl/N-ethyl adjacent to an activating group) is 1. The summed E-state index contributed by atoms with van der Waals surface area (Å²) >= 11 is 0. The summed E-state index contributed by atoms with van der Waals surface area (Å²) in [5.41, 5.74) is 1.01. The molecule has 4 rings (SSSR count). The van der Waals surface area contributed by atoms with Crippen molar-refractivity contribution < 1.29 is 18.3 Å². The van der Waals surface area contributed by atoms with Crippen molar-refractivity contribution in [3.05, 3.63) is 81.3 Å². The molecule has 2 heterocycles. The third-order valence-corrected chi connectivity index (χ3v) is 4.85. The number of pyridine rings is 1. The highest BCUT2D eigenvalue weighted by Crippen LogP contribution is 2.34. The van der Waals surface area contributed by atoms with Crippen molar-refractivity contribution in [3.8, 4) is 0 Å². The van der Waals surface area contributed by atoms with E-state index in [1.807, 2.05) is 6.07 Å². The minimum absolute atomic E-state index is 0.0418. The highest BCUT2D eigenvalue weighted by Gasteiger charge is 2.31. The number of aromatic nitrogens is 1. The normalized spacial score (nSPS) is 16.2. The SMILES string of the molecule is CN(C(=O)c1ccccc1)[C@@H]1COCc2[nH]c(=O)c3cc(F)c(F)cc3c21. The lowest BCUT2D eigenvalue weighted by Crippen LogP contribution is -2.37. The average Bonchev–Trinajstić information content (AvgIpc) is 2.68. The van der Waals surface area contributed by atoms with Gasteiger partial charge in [-0.15, -0.1) is 0 Å². The zero-order valence-corrected chi connectivity index (χ0v) is 14.5. The van der Waals surface area contributed by atoms with Crippen LogP contribution >= 0.6 is 0 Å². The van der Waals surface area contributed by atoms with Gasteiger partial charge in [0.05, 0.1) is 24.6 Å². The summed E-state index contributed by atoms with van der Waals surface area (Å²) < 4.78 is 33.1. The monoisotopic (exact) mass is 370 g/mol. The molecule has 0 spiro atoms. The third-order valence-electron chi connectivity index (χ3n) is 4.85. The van der Waals surface area contributed by atoms with Crippen molar-refractivity contribution in [2.24, 2.45) is 0 Å². The van der Waals surface area contributed by atoms with Crippen molar-refractivity contribution in [1.82, 2.24) is 9.88 Å². The largest absolute Gasteiger partial charge is 0.373 e. The van der Waals surface area contributed by atoms with Gasteiger partial charge in [-0.3, -0.25) is 9.59 Å². The number of halogens is 2. The quantitative estimate of drug-likeness (QED) is 0.754. The Balaban J connectivity index is 1.87. The highest BCUT2D eigenvalue weighted by molar-refractivity contribution is 5.95. The molecule has 2 aromatic carbocycles. The molecule has 0 bridgehead atoms. The Morgan fingerprint density at radius 3 is 2.52 bits per heavy atom. The summed E-state index contributed by atoms with van der Waals surface area (Å²) in [5, 5.41) is 0.328. The Kier molecular flexibility index (Phi) is 4.24. The van der Waals surface area contributed by atoms with E-state index < -0.39 is 23.2 Å². The fourth-order valence-corrected chi connectivity index (χ4v) is 3.47. The van der Waals surface area contributed by atoms with E-state index in [1.165, 1.54) is 4.90 Å². The van der Waals surface area contributed by atoms with Crippen LogP contribution in [0.4, 0.5) is 8.78 Å². The lowest BCUT2D eigenvalue weighted by Gasteiger charge is -2.34. The standard InChI is InChI=1S/C20H16F2N2O3/c1-24(20(26)11-5-3-2-4-6-11)17-10-27-9-16-18(17)12-7-14(21)15(22)8-13(12)19(25)23-16/h2-8,17H,9-10H2,1H3,(H,23,25)/t17-/m1/s1. The van der Waals surface area contributed by atoms with Crippen LogP contribution in [-0.4, -0.2) is 29.4 Å². The lowest BCUT2D eigenvalue weighted by atomic mass is 9.95. The van der Waals surface area contributed by atoms with Crippen LogP contribution in [-0.2, 0) is 11.3 Å². The summed E-state index contributed by atoms with van der Waals surface area (Å²) in [6.07, 6.45) is 0. The molecule has 1 aliphatic heterocycles. The minimum Gasteiger partial charge on any atom is -0.373 e. The summed E-state index contributed by atoms with van der Waals surface area (Å²) in [6.45, 7) is 0.311. The Labute approximate surface area is 153 Å². The molecule has 1 aromatic heterocycles. The van der Waals surface area contributed by atoms with E-state index in [4.69, 9.17) is 4.74 Å². The summed E-state index contributed by atoms with van der Waals surface area (Å²) in [5.74, 6) is -2.37. The number of nitrogens with zero attached hydrogens (tertiary/aromatic N) is 1. The molecular formula is C20H16F2N2O3. The van der Waals surface area contributed by atoms with Crippen LogP contribution in [0, 0.1) is 11.6 Å². The second-order valence-corrected chi connectivity index (χ2v) is 6.47. The number of benzene rings is 2. The maximum Gasteiger partial charge on any atom is 0.256 e. The molecule has 0 aliphatic carbocycles. The van der Waals surface area contributed by atoms with E-state index in [0.717, 1.165) is 12.1 Å². The van der Waals surface area contributed by atoms with Crippen LogP contribution in [0.1, 0.15) is 27.7 Å². The van der Waals surface area contributed by atoms with Crippen LogP contribution < -0.4 is 5.56 Å². The third kappa shape index (κ3) is 2.90. The smallest absolute Gasteiger partial charge is 0.256 e. The summed E-state index contributed by atoms with van der Waals surface area (Å²) in [6, 6.07) is 10.1. The van der Waals surface area contributed by atoms with Gasteiger partial charge in [-0.25, -0.2) is 8.78 Å². The molecule has 27 heavy (non-hydrogen) atoms. The number of aromatic amines is 1. The Morgan fingerprint density at radius 1 is 1.15 bits per heavy atom. The fourth-order valence-electron chi connectivity index (χ4n) is 3.47. The van der Waals surface area contributed by atoms with Gasteiger partial charge in [0.25, 0.3) is 11.5 Å². The molecule has 7 heteroatoms. The molecule has 138 valence electrons. The molecule has 0 unspecified atom stereocenters. The first-order valence-corrected chi connectivity index (χ1v) is 8.41. The molecule has 1 aliphatic rings. The van der Waals surface area contributed by atoms with E-state index in [9.17, 15) is 18.4 Å². The molecule has 1 atom stereocenters. The van der Waals surface area contributed by atoms with Crippen molar-refractivity contribution in [1.29, 1.82) is 0 Å². The summed E-state index contributed by atoms with van der Waals surface area (Å²) in [4.78, 5) is 29.3. The van der Waals surface area contributed by atoms with Crippen LogP contribution in [0.2, 0.25) is 0 Å².